The first-order valence-electron chi connectivity index (χ1n) is 5.37. The van der Waals surface area contributed by atoms with E-state index in [9.17, 15) is 0 Å². The molecule has 0 aromatic carbocycles. The smallest absolute Gasteiger partial charge is 0.198 e. The van der Waals surface area contributed by atoms with Gasteiger partial charge in [-0.05, 0) is 24.3 Å². The normalized spacial score (nSPS) is 17.3. The van der Waals surface area contributed by atoms with Crippen molar-refractivity contribution in [2.24, 2.45) is 10.1 Å². The third-order valence-corrected chi connectivity index (χ3v) is 2.49. The molecule has 0 amide bonds. The van der Waals surface area contributed by atoms with Gasteiger partial charge in [-0.15, -0.1) is 0 Å². The van der Waals surface area contributed by atoms with Crippen molar-refractivity contribution >= 4 is 18.1 Å². The topological polar surface area (TPSA) is 40.9 Å². The number of nitrogens with zero attached hydrogens (tertiary/aromatic N) is 4. The van der Waals surface area contributed by atoms with Gasteiger partial charge in [0.05, 0.1) is 5.70 Å². The Morgan fingerprint density at radius 2 is 2.12 bits per heavy atom. The monoisotopic (exact) mass is 222 g/mol. The lowest BCUT2D eigenvalue weighted by atomic mass is 10.1. The summed E-state index contributed by atoms with van der Waals surface area (Å²) in [5.41, 5.74) is 5.16. The highest BCUT2D eigenvalue weighted by molar-refractivity contribution is 5.87. The van der Waals surface area contributed by atoms with E-state index in [1.165, 1.54) is 0 Å². The zero-order chi connectivity index (χ0) is 11.5. The highest BCUT2D eigenvalue weighted by atomic mass is 15.5. The van der Waals surface area contributed by atoms with Crippen molar-refractivity contribution < 1.29 is 0 Å². The first-order valence-corrected chi connectivity index (χ1v) is 5.37. The molecule has 0 N–H and O–H groups in total. The Morgan fingerprint density at radius 1 is 1.24 bits per heavy atom. The molecule has 2 aliphatic rings. The van der Waals surface area contributed by atoms with Gasteiger partial charge in [0.1, 0.15) is 0 Å². The minimum Gasteiger partial charge on any atom is -0.265 e. The summed E-state index contributed by atoms with van der Waals surface area (Å²) < 4.78 is 0. The molecule has 3 rings (SSSR count). The number of aromatic nitrogens is 1. The summed E-state index contributed by atoms with van der Waals surface area (Å²) in [5.74, 6) is 0.716. The van der Waals surface area contributed by atoms with Crippen LogP contribution in [0.2, 0.25) is 0 Å². The SMILES string of the molecule is C1=CCC=NN2C=1N=CC=C2c1ccncc1. The second kappa shape index (κ2) is 4.20. The number of fused-ring (bicyclic) bond motifs is 1. The average Bonchev–Trinajstić information content (AvgIpc) is 2.64. The quantitative estimate of drug-likeness (QED) is 0.683. The molecule has 0 fully saturated rings. The molecule has 4 nitrogen and oxygen atoms in total. The van der Waals surface area contributed by atoms with Crippen LogP contribution in [-0.2, 0) is 0 Å². The van der Waals surface area contributed by atoms with Crippen LogP contribution in [0.3, 0.4) is 0 Å². The van der Waals surface area contributed by atoms with Gasteiger partial charge >= 0.3 is 0 Å². The van der Waals surface area contributed by atoms with Gasteiger partial charge in [-0.2, -0.15) is 5.10 Å². The molecule has 4 heteroatoms. The van der Waals surface area contributed by atoms with Gasteiger partial charge in [0.2, 0.25) is 0 Å². The van der Waals surface area contributed by atoms with E-state index in [1.54, 1.807) is 23.6 Å². The fourth-order valence-corrected chi connectivity index (χ4v) is 1.71. The lowest BCUT2D eigenvalue weighted by Gasteiger charge is -2.22. The van der Waals surface area contributed by atoms with E-state index >= 15 is 0 Å². The molecule has 1 aromatic heterocycles. The van der Waals surface area contributed by atoms with Gasteiger partial charge < -0.3 is 0 Å². The van der Waals surface area contributed by atoms with Crippen LogP contribution in [0.15, 0.2) is 58.3 Å². The standard InChI is InChI=1S/C13H10N4/c1-2-7-16-17-12(6-10-15-13(17)3-1)11-4-8-14-9-5-11/h1,4-10H,2H2. The van der Waals surface area contributed by atoms with E-state index in [1.807, 2.05) is 30.5 Å². The maximum absolute atomic E-state index is 4.38. The number of pyridine rings is 1. The molecule has 1 aromatic rings. The van der Waals surface area contributed by atoms with E-state index in [2.05, 4.69) is 20.8 Å². The van der Waals surface area contributed by atoms with Gasteiger partial charge in [0.15, 0.2) is 5.82 Å². The summed E-state index contributed by atoms with van der Waals surface area (Å²) in [7, 11) is 0. The van der Waals surface area contributed by atoms with Crippen LogP contribution in [0.5, 0.6) is 0 Å². The second-order valence-corrected chi connectivity index (χ2v) is 3.58. The molecule has 0 saturated heterocycles. The molecule has 0 atom stereocenters. The Morgan fingerprint density at radius 3 is 3.00 bits per heavy atom. The van der Waals surface area contributed by atoms with Crippen molar-refractivity contribution in [2.75, 3.05) is 0 Å². The molecule has 0 saturated carbocycles. The molecule has 82 valence electrons. The van der Waals surface area contributed by atoms with Gasteiger partial charge in [-0.25, -0.2) is 10.0 Å². The predicted molar refractivity (Wildman–Crippen MR) is 67.3 cm³/mol. The lowest BCUT2D eigenvalue weighted by molar-refractivity contribution is 0.519. The number of hydrazone groups is 1. The summed E-state index contributed by atoms with van der Waals surface area (Å²) in [6, 6.07) is 3.90. The molecule has 17 heavy (non-hydrogen) atoms. The average molecular weight is 222 g/mol. The highest BCUT2D eigenvalue weighted by Gasteiger charge is 2.17. The Bertz CT molecular complexity index is 575. The minimum absolute atomic E-state index is 0.716. The first-order chi connectivity index (χ1) is 8.45. The molecule has 0 spiro atoms. The zero-order valence-electron chi connectivity index (χ0n) is 9.11. The maximum Gasteiger partial charge on any atom is 0.198 e. The summed E-state index contributed by atoms with van der Waals surface area (Å²) in [4.78, 5) is 8.27. The summed E-state index contributed by atoms with van der Waals surface area (Å²) >= 11 is 0. The van der Waals surface area contributed by atoms with Crippen LogP contribution in [0, 0.1) is 0 Å². The van der Waals surface area contributed by atoms with Crippen molar-refractivity contribution in [3.8, 4) is 0 Å². The number of aliphatic imine (C=N–C) groups is 1. The van der Waals surface area contributed by atoms with Gasteiger partial charge in [0, 0.05) is 36.8 Å². The van der Waals surface area contributed by atoms with Crippen molar-refractivity contribution in [1.82, 2.24) is 9.99 Å². The molecule has 2 aliphatic heterocycles. The number of hydrogen-bond acceptors (Lipinski definition) is 4. The summed E-state index contributed by atoms with van der Waals surface area (Å²) in [5, 5.41) is 6.17. The third-order valence-electron chi connectivity index (χ3n) is 2.49. The third kappa shape index (κ3) is 1.82. The molecule has 0 aliphatic carbocycles. The zero-order valence-corrected chi connectivity index (χ0v) is 9.11. The van der Waals surface area contributed by atoms with Crippen LogP contribution in [-0.4, -0.2) is 22.4 Å². The van der Waals surface area contributed by atoms with Crippen LogP contribution in [0.25, 0.3) is 5.70 Å². The summed E-state index contributed by atoms with van der Waals surface area (Å²) in [6.07, 6.45) is 11.8. The number of rotatable bonds is 1. The molecule has 0 bridgehead atoms. The van der Waals surface area contributed by atoms with Crippen LogP contribution in [0.4, 0.5) is 0 Å². The number of hydrogen-bond donors (Lipinski definition) is 0. The van der Waals surface area contributed by atoms with E-state index in [0.717, 1.165) is 17.7 Å². The molecule has 3 heterocycles. The Hall–Kier alpha value is -2.45. The molecular weight excluding hydrogens is 212 g/mol. The van der Waals surface area contributed by atoms with E-state index < -0.39 is 0 Å². The highest BCUT2D eigenvalue weighted by Crippen LogP contribution is 2.26. The second-order valence-electron chi connectivity index (χ2n) is 3.58. The van der Waals surface area contributed by atoms with Crippen LogP contribution in [0.1, 0.15) is 12.0 Å². The molecular formula is C13H10N4. The van der Waals surface area contributed by atoms with Gasteiger partial charge in [-0.3, -0.25) is 4.98 Å². The van der Waals surface area contributed by atoms with Crippen molar-refractivity contribution in [2.45, 2.75) is 6.42 Å². The van der Waals surface area contributed by atoms with Crippen molar-refractivity contribution in [1.29, 1.82) is 0 Å². The minimum atomic E-state index is 0.716. The van der Waals surface area contributed by atoms with Gasteiger partial charge in [-0.1, -0.05) is 5.73 Å². The van der Waals surface area contributed by atoms with Crippen molar-refractivity contribution in [3.05, 3.63) is 53.8 Å². The number of allylic oxidation sites excluding steroid dienone is 2. The van der Waals surface area contributed by atoms with E-state index in [4.69, 9.17) is 0 Å². The van der Waals surface area contributed by atoms with Crippen LogP contribution >= 0.6 is 0 Å². The Kier molecular flexibility index (Phi) is 2.41. The fraction of sp³-hybridized carbons (Fsp3) is 0.0769. The first kappa shape index (κ1) is 9.75. The Labute approximate surface area is 99.0 Å². The Balaban J connectivity index is 2.09. The predicted octanol–water partition coefficient (Wildman–Crippen LogP) is 2.19. The molecule has 0 unspecified atom stereocenters. The van der Waals surface area contributed by atoms with Crippen LogP contribution < -0.4 is 0 Å². The van der Waals surface area contributed by atoms with E-state index in [0.29, 0.717) is 5.82 Å². The lowest BCUT2D eigenvalue weighted by Crippen LogP contribution is -2.16. The molecule has 0 radical (unpaired) electrons. The van der Waals surface area contributed by atoms with Gasteiger partial charge in [0.25, 0.3) is 0 Å². The maximum atomic E-state index is 4.38. The largest absolute Gasteiger partial charge is 0.265 e. The van der Waals surface area contributed by atoms with E-state index in [-0.39, 0.29) is 0 Å². The fourth-order valence-electron chi connectivity index (χ4n) is 1.71. The summed E-state index contributed by atoms with van der Waals surface area (Å²) in [6.45, 7) is 0. The van der Waals surface area contributed by atoms with Crippen molar-refractivity contribution in [3.63, 3.8) is 0 Å².